The fourth-order valence-corrected chi connectivity index (χ4v) is 4.18. The molecule has 3 aromatic rings. The molecule has 0 atom stereocenters. The van der Waals surface area contributed by atoms with Gasteiger partial charge in [-0.3, -0.25) is 4.79 Å². The van der Waals surface area contributed by atoms with Crippen molar-refractivity contribution >= 4 is 40.7 Å². The van der Waals surface area contributed by atoms with Crippen molar-refractivity contribution in [2.75, 3.05) is 6.54 Å². The highest BCUT2D eigenvalue weighted by atomic mass is 35.5. The van der Waals surface area contributed by atoms with Crippen LogP contribution in [-0.2, 0) is 0 Å². The Morgan fingerprint density at radius 3 is 2.61 bits per heavy atom. The standard InChI is InChI=1S/C23H19ClN2OS/c1-2-13-25-23(27)16-9-12-21-19(14-16)26-22(15-7-10-17(24)11-8-15)18-5-3-4-6-20(18)28-21/h3-12,14H,2,13H2,1H3,(H,25,27). The SMILES string of the molecule is CCCNC(=O)c1ccc2c(c1)N=C(c1ccc(Cl)cc1)c1ccccc1S2. The summed E-state index contributed by atoms with van der Waals surface area (Å²) in [4.78, 5) is 19.5. The van der Waals surface area contributed by atoms with E-state index in [-0.39, 0.29) is 5.91 Å². The third-order valence-electron chi connectivity index (χ3n) is 4.47. The van der Waals surface area contributed by atoms with E-state index in [9.17, 15) is 4.79 Å². The second kappa shape index (κ2) is 8.21. The van der Waals surface area contributed by atoms with E-state index in [1.807, 2.05) is 61.5 Å². The largest absolute Gasteiger partial charge is 0.352 e. The molecule has 0 fully saturated rings. The smallest absolute Gasteiger partial charge is 0.251 e. The molecule has 1 heterocycles. The Morgan fingerprint density at radius 1 is 1.04 bits per heavy atom. The monoisotopic (exact) mass is 406 g/mol. The molecular weight excluding hydrogens is 388 g/mol. The van der Waals surface area contributed by atoms with Crippen molar-refractivity contribution in [1.82, 2.24) is 5.32 Å². The lowest BCUT2D eigenvalue weighted by Crippen LogP contribution is -2.23. The van der Waals surface area contributed by atoms with E-state index < -0.39 is 0 Å². The van der Waals surface area contributed by atoms with E-state index in [0.717, 1.165) is 38.7 Å². The van der Waals surface area contributed by atoms with Crippen LogP contribution in [0.25, 0.3) is 0 Å². The minimum Gasteiger partial charge on any atom is -0.352 e. The summed E-state index contributed by atoms with van der Waals surface area (Å²) in [5.74, 6) is -0.0698. The highest BCUT2D eigenvalue weighted by Gasteiger charge is 2.19. The summed E-state index contributed by atoms with van der Waals surface area (Å²) in [6.45, 7) is 2.70. The lowest BCUT2D eigenvalue weighted by Gasteiger charge is -2.09. The normalized spacial score (nSPS) is 12.4. The molecule has 1 aliphatic rings. The molecule has 28 heavy (non-hydrogen) atoms. The van der Waals surface area contributed by atoms with Gasteiger partial charge in [0, 0.05) is 38.0 Å². The number of aliphatic imine (C=N–C) groups is 1. The van der Waals surface area contributed by atoms with E-state index in [1.54, 1.807) is 11.8 Å². The number of benzene rings is 3. The summed E-state index contributed by atoms with van der Waals surface area (Å²) in [7, 11) is 0. The average Bonchev–Trinajstić information content (AvgIpc) is 2.88. The van der Waals surface area contributed by atoms with Gasteiger partial charge in [-0.15, -0.1) is 0 Å². The van der Waals surface area contributed by atoms with Crippen molar-refractivity contribution < 1.29 is 4.79 Å². The van der Waals surface area contributed by atoms with Crippen molar-refractivity contribution in [2.45, 2.75) is 23.1 Å². The number of halogens is 1. The van der Waals surface area contributed by atoms with E-state index in [2.05, 4.69) is 17.4 Å². The summed E-state index contributed by atoms with van der Waals surface area (Å²) in [5, 5.41) is 3.62. The van der Waals surface area contributed by atoms with Crippen LogP contribution in [0.5, 0.6) is 0 Å². The molecule has 1 aliphatic heterocycles. The Labute approximate surface area is 173 Å². The highest BCUT2D eigenvalue weighted by molar-refractivity contribution is 7.99. The lowest BCUT2D eigenvalue weighted by molar-refractivity contribution is 0.0953. The first-order valence-electron chi connectivity index (χ1n) is 9.20. The Bertz CT molecular complexity index is 1060. The summed E-state index contributed by atoms with van der Waals surface area (Å²) < 4.78 is 0. The number of nitrogens with one attached hydrogen (secondary N) is 1. The first-order chi connectivity index (χ1) is 13.7. The fraction of sp³-hybridized carbons (Fsp3) is 0.130. The van der Waals surface area contributed by atoms with E-state index in [4.69, 9.17) is 16.6 Å². The fourth-order valence-electron chi connectivity index (χ4n) is 3.05. The van der Waals surface area contributed by atoms with Gasteiger partial charge in [-0.1, -0.05) is 60.6 Å². The Kier molecular flexibility index (Phi) is 5.51. The van der Waals surface area contributed by atoms with Gasteiger partial charge in [-0.25, -0.2) is 4.99 Å². The second-order valence-corrected chi connectivity index (χ2v) is 8.02. The van der Waals surface area contributed by atoms with Crippen LogP contribution in [0.4, 0.5) is 5.69 Å². The van der Waals surface area contributed by atoms with Crippen molar-refractivity contribution in [3.8, 4) is 0 Å². The lowest BCUT2D eigenvalue weighted by atomic mass is 10.0. The van der Waals surface area contributed by atoms with Crippen molar-refractivity contribution in [2.24, 2.45) is 4.99 Å². The summed E-state index contributed by atoms with van der Waals surface area (Å²) in [5.41, 5.74) is 4.37. The molecule has 0 saturated heterocycles. The van der Waals surface area contributed by atoms with Gasteiger partial charge in [0.1, 0.15) is 0 Å². The van der Waals surface area contributed by atoms with Crippen LogP contribution >= 0.6 is 23.4 Å². The van der Waals surface area contributed by atoms with Crippen molar-refractivity contribution in [3.63, 3.8) is 0 Å². The second-order valence-electron chi connectivity index (χ2n) is 6.50. The number of carbonyl (C=O) groups is 1. The summed E-state index contributed by atoms with van der Waals surface area (Å²) in [6, 6.07) is 21.6. The maximum atomic E-state index is 12.4. The van der Waals surface area contributed by atoms with Crippen LogP contribution in [0, 0.1) is 0 Å². The predicted molar refractivity (Wildman–Crippen MR) is 116 cm³/mol. The average molecular weight is 407 g/mol. The number of hydrogen-bond acceptors (Lipinski definition) is 3. The van der Waals surface area contributed by atoms with E-state index in [0.29, 0.717) is 17.1 Å². The number of rotatable bonds is 4. The number of hydrogen-bond donors (Lipinski definition) is 1. The van der Waals surface area contributed by atoms with Gasteiger partial charge < -0.3 is 5.32 Å². The maximum Gasteiger partial charge on any atom is 0.251 e. The molecule has 1 amide bonds. The van der Waals surface area contributed by atoms with E-state index in [1.165, 1.54) is 0 Å². The van der Waals surface area contributed by atoms with Gasteiger partial charge in [0.15, 0.2) is 0 Å². The summed E-state index contributed by atoms with van der Waals surface area (Å²) >= 11 is 7.74. The molecule has 0 aliphatic carbocycles. The maximum absolute atomic E-state index is 12.4. The van der Waals surface area contributed by atoms with Crippen LogP contribution < -0.4 is 5.32 Å². The van der Waals surface area contributed by atoms with Gasteiger partial charge in [-0.05, 0) is 42.8 Å². The number of nitrogens with zero attached hydrogens (tertiary/aromatic N) is 1. The molecule has 0 aromatic heterocycles. The Hall–Kier alpha value is -2.56. The molecular formula is C23H19ClN2OS. The van der Waals surface area contributed by atoms with E-state index >= 15 is 0 Å². The minimum atomic E-state index is -0.0698. The molecule has 5 heteroatoms. The van der Waals surface area contributed by atoms with Crippen LogP contribution in [0.15, 0.2) is 81.5 Å². The predicted octanol–water partition coefficient (Wildman–Crippen LogP) is 6.11. The van der Waals surface area contributed by atoms with Crippen LogP contribution in [0.1, 0.15) is 34.8 Å². The zero-order valence-electron chi connectivity index (χ0n) is 15.4. The zero-order valence-corrected chi connectivity index (χ0v) is 17.0. The molecule has 0 radical (unpaired) electrons. The van der Waals surface area contributed by atoms with Crippen LogP contribution in [0.3, 0.4) is 0 Å². The van der Waals surface area contributed by atoms with Crippen LogP contribution in [0.2, 0.25) is 5.02 Å². The number of fused-ring (bicyclic) bond motifs is 2. The van der Waals surface area contributed by atoms with Crippen molar-refractivity contribution in [3.05, 3.63) is 88.4 Å². The third-order valence-corrected chi connectivity index (χ3v) is 5.86. The van der Waals surface area contributed by atoms with Gasteiger partial charge in [-0.2, -0.15) is 0 Å². The third kappa shape index (κ3) is 3.84. The molecule has 1 N–H and O–H groups in total. The zero-order chi connectivity index (χ0) is 19.5. The molecule has 0 spiro atoms. The first kappa shape index (κ1) is 18.8. The molecule has 4 rings (SSSR count). The number of carbonyl (C=O) groups excluding carboxylic acids is 1. The van der Waals surface area contributed by atoms with Gasteiger partial charge in [0.2, 0.25) is 0 Å². The quantitative estimate of drug-likeness (QED) is 0.444. The highest BCUT2D eigenvalue weighted by Crippen LogP contribution is 2.41. The molecule has 3 aromatic carbocycles. The molecule has 0 bridgehead atoms. The molecule has 0 unspecified atom stereocenters. The van der Waals surface area contributed by atoms with Gasteiger partial charge in [0.05, 0.1) is 11.4 Å². The van der Waals surface area contributed by atoms with Gasteiger partial charge in [0.25, 0.3) is 5.91 Å². The Balaban J connectivity index is 1.84. The molecule has 3 nitrogen and oxygen atoms in total. The Morgan fingerprint density at radius 2 is 1.82 bits per heavy atom. The summed E-state index contributed by atoms with van der Waals surface area (Å²) in [6.07, 6.45) is 0.903. The minimum absolute atomic E-state index is 0.0698. The van der Waals surface area contributed by atoms with Crippen LogP contribution in [-0.4, -0.2) is 18.2 Å². The van der Waals surface area contributed by atoms with Gasteiger partial charge >= 0.3 is 0 Å². The number of amides is 1. The topological polar surface area (TPSA) is 41.5 Å². The molecule has 0 saturated carbocycles. The molecule has 140 valence electrons. The van der Waals surface area contributed by atoms with Crippen molar-refractivity contribution in [1.29, 1.82) is 0 Å². The first-order valence-corrected chi connectivity index (χ1v) is 10.4.